The molecule has 2 atom stereocenters. The third-order valence-corrected chi connectivity index (χ3v) is 7.83. The van der Waals surface area contributed by atoms with E-state index in [1.165, 1.54) is 0 Å². The highest BCUT2D eigenvalue weighted by Gasteiger charge is 2.51. The summed E-state index contributed by atoms with van der Waals surface area (Å²) in [4.78, 5) is 42.1. The van der Waals surface area contributed by atoms with Crippen LogP contribution in [0.15, 0.2) is 72.0 Å². The van der Waals surface area contributed by atoms with Crippen LogP contribution in [0.25, 0.3) is 6.08 Å². The number of anilines is 1. The Hall–Kier alpha value is -4.13. The van der Waals surface area contributed by atoms with Gasteiger partial charge in [-0.25, -0.2) is 4.98 Å². The Balaban J connectivity index is 1.24. The van der Waals surface area contributed by atoms with Crippen LogP contribution in [0.2, 0.25) is 0 Å². The SMILES string of the molecule is CC(C)C1=N[C@@](C)(c2ccccc2)N(C/C=C/c2cnc3c(c2)CC2(C3)C(=O)Nc3ncccc32)C1=O. The molecule has 2 amide bonds. The van der Waals surface area contributed by atoms with Crippen molar-refractivity contribution in [2.24, 2.45) is 10.9 Å². The van der Waals surface area contributed by atoms with Gasteiger partial charge in [0.25, 0.3) is 5.91 Å². The number of benzene rings is 1. The van der Waals surface area contributed by atoms with Crippen LogP contribution in [0.5, 0.6) is 0 Å². The Kier molecular flexibility index (Phi) is 5.33. The van der Waals surface area contributed by atoms with Crippen molar-refractivity contribution in [2.45, 2.75) is 44.7 Å². The molecule has 1 aromatic carbocycles. The van der Waals surface area contributed by atoms with Crippen LogP contribution < -0.4 is 5.32 Å². The lowest BCUT2D eigenvalue weighted by Gasteiger charge is -2.32. The molecule has 4 heterocycles. The number of hydrogen-bond donors (Lipinski definition) is 1. The molecular formula is C30H29N5O2. The van der Waals surface area contributed by atoms with E-state index < -0.39 is 11.1 Å². The molecule has 2 aromatic heterocycles. The number of pyridine rings is 2. The number of fused-ring (bicyclic) bond motifs is 3. The summed E-state index contributed by atoms with van der Waals surface area (Å²) in [7, 11) is 0. The molecule has 37 heavy (non-hydrogen) atoms. The van der Waals surface area contributed by atoms with E-state index in [9.17, 15) is 9.59 Å². The van der Waals surface area contributed by atoms with Crippen LogP contribution in [-0.4, -0.2) is 38.9 Å². The summed E-state index contributed by atoms with van der Waals surface area (Å²) in [6.45, 7) is 6.43. The van der Waals surface area contributed by atoms with E-state index in [2.05, 4.69) is 16.4 Å². The number of hydrogen-bond acceptors (Lipinski definition) is 5. The van der Waals surface area contributed by atoms with E-state index in [0.717, 1.165) is 27.9 Å². The van der Waals surface area contributed by atoms with Crippen molar-refractivity contribution >= 4 is 29.4 Å². The quantitative estimate of drug-likeness (QED) is 0.577. The van der Waals surface area contributed by atoms with Crippen molar-refractivity contribution in [3.63, 3.8) is 0 Å². The highest BCUT2D eigenvalue weighted by Crippen LogP contribution is 2.46. The van der Waals surface area contributed by atoms with Crippen LogP contribution >= 0.6 is 0 Å². The third-order valence-electron chi connectivity index (χ3n) is 7.83. The maximum atomic E-state index is 13.3. The topological polar surface area (TPSA) is 87.6 Å². The fourth-order valence-electron chi connectivity index (χ4n) is 5.81. The second-order valence-electron chi connectivity index (χ2n) is 10.5. The van der Waals surface area contributed by atoms with Gasteiger partial charge in [0.2, 0.25) is 5.91 Å². The first-order valence-electron chi connectivity index (χ1n) is 12.7. The van der Waals surface area contributed by atoms with Crippen molar-refractivity contribution in [1.82, 2.24) is 14.9 Å². The van der Waals surface area contributed by atoms with E-state index in [1.807, 2.05) is 86.5 Å². The van der Waals surface area contributed by atoms with Crippen LogP contribution in [-0.2, 0) is 33.5 Å². The summed E-state index contributed by atoms with van der Waals surface area (Å²) < 4.78 is 0. The van der Waals surface area contributed by atoms with Crippen molar-refractivity contribution < 1.29 is 9.59 Å². The van der Waals surface area contributed by atoms with Gasteiger partial charge in [-0.05, 0) is 42.2 Å². The van der Waals surface area contributed by atoms with Gasteiger partial charge in [0.05, 0.1) is 5.41 Å². The molecule has 6 rings (SSSR count). The van der Waals surface area contributed by atoms with Crippen LogP contribution in [0, 0.1) is 5.92 Å². The van der Waals surface area contributed by atoms with Gasteiger partial charge in [0.1, 0.15) is 11.5 Å². The van der Waals surface area contributed by atoms with E-state index in [4.69, 9.17) is 9.98 Å². The van der Waals surface area contributed by atoms with Gasteiger partial charge < -0.3 is 10.2 Å². The van der Waals surface area contributed by atoms with Crippen molar-refractivity contribution in [3.8, 4) is 0 Å². The third kappa shape index (κ3) is 3.60. The molecule has 2 aliphatic heterocycles. The molecule has 7 heteroatoms. The van der Waals surface area contributed by atoms with Gasteiger partial charge in [0.15, 0.2) is 5.66 Å². The molecule has 0 bridgehead atoms. The molecule has 1 N–H and O–H groups in total. The average molecular weight is 492 g/mol. The predicted molar refractivity (Wildman–Crippen MR) is 143 cm³/mol. The summed E-state index contributed by atoms with van der Waals surface area (Å²) in [6, 6.07) is 15.9. The first-order chi connectivity index (χ1) is 17.8. The number of nitrogens with one attached hydrogen (secondary N) is 1. The Bertz CT molecular complexity index is 1480. The van der Waals surface area contributed by atoms with Crippen molar-refractivity contribution in [3.05, 3.63) is 94.9 Å². The standard InChI is InChI=1S/C30H29N5O2/c1-19(2)25-27(36)35(29(3,34-25)22-10-5-4-6-11-22)14-8-9-20-15-21-16-30(17-24(21)32-18-20)23-12-7-13-31-26(23)33-28(30)37/h4-13,15,18-19H,14,16-17H2,1-3H3,(H,31,33,37)/b9-8+/t29-,30?/m1/s1. The van der Waals surface area contributed by atoms with Gasteiger partial charge >= 0.3 is 0 Å². The minimum Gasteiger partial charge on any atom is -0.310 e. The number of carbonyl (C=O) groups is 2. The fourth-order valence-corrected chi connectivity index (χ4v) is 5.81. The minimum absolute atomic E-state index is 0.00927. The number of aliphatic imine (C=N–C) groups is 1. The second kappa shape index (κ2) is 8.47. The van der Waals surface area contributed by atoms with Gasteiger partial charge in [-0.1, -0.05) is 62.4 Å². The van der Waals surface area contributed by atoms with Crippen LogP contribution in [0.4, 0.5) is 5.82 Å². The van der Waals surface area contributed by atoms with Crippen molar-refractivity contribution in [1.29, 1.82) is 0 Å². The number of amides is 2. The average Bonchev–Trinajstić information content (AvgIpc) is 3.50. The monoisotopic (exact) mass is 491 g/mol. The molecule has 7 nitrogen and oxygen atoms in total. The lowest BCUT2D eigenvalue weighted by molar-refractivity contribution is -0.127. The first kappa shape index (κ1) is 23.3. The molecule has 3 aromatic rings. The largest absolute Gasteiger partial charge is 0.310 e. The van der Waals surface area contributed by atoms with Crippen LogP contribution in [0.1, 0.15) is 48.7 Å². The Morgan fingerprint density at radius 3 is 2.68 bits per heavy atom. The maximum Gasteiger partial charge on any atom is 0.270 e. The van der Waals surface area contributed by atoms with Crippen LogP contribution in [0.3, 0.4) is 0 Å². The zero-order valence-corrected chi connectivity index (χ0v) is 21.2. The highest BCUT2D eigenvalue weighted by molar-refractivity contribution is 6.41. The summed E-state index contributed by atoms with van der Waals surface area (Å²) in [5.74, 6) is 0.663. The summed E-state index contributed by atoms with van der Waals surface area (Å²) >= 11 is 0. The molecule has 1 spiro atoms. The Labute approximate surface area is 216 Å². The van der Waals surface area contributed by atoms with E-state index in [1.54, 1.807) is 6.20 Å². The number of carbonyl (C=O) groups excluding carboxylic acids is 2. The van der Waals surface area contributed by atoms with Crippen molar-refractivity contribution in [2.75, 3.05) is 11.9 Å². The predicted octanol–water partition coefficient (Wildman–Crippen LogP) is 4.29. The van der Waals surface area contributed by atoms with Gasteiger partial charge in [-0.2, -0.15) is 0 Å². The van der Waals surface area contributed by atoms with E-state index >= 15 is 0 Å². The Morgan fingerprint density at radius 1 is 1.08 bits per heavy atom. The molecule has 0 saturated carbocycles. The maximum absolute atomic E-state index is 13.3. The zero-order valence-electron chi connectivity index (χ0n) is 21.2. The first-order valence-corrected chi connectivity index (χ1v) is 12.7. The molecule has 186 valence electrons. The molecule has 0 fully saturated rings. The van der Waals surface area contributed by atoms with Gasteiger partial charge in [-0.3, -0.25) is 19.6 Å². The minimum atomic E-state index is -0.748. The summed E-state index contributed by atoms with van der Waals surface area (Å²) in [5.41, 5.74) is 4.13. The molecule has 1 unspecified atom stereocenters. The van der Waals surface area contributed by atoms with Gasteiger partial charge in [-0.15, -0.1) is 0 Å². The highest BCUT2D eigenvalue weighted by atomic mass is 16.2. The molecule has 1 aliphatic carbocycles. The zero-order chi connectivity index (χ0) is 25.8. The fraction of sp³-hybridized carbons (Fsp3) is 0.300. The lowest BCUT2D eigenvalue weighted by atomic mass is 9.80. The Morgan fingerprint density at radius 2 is 1.89 bits per heavy atom. The number of aromatic nitrogens is 2. The number of nitrogens with zero attached hydrogens (tertiary/aromatic N) is 4. The lowest BCUT2D eigenvalue weighted by Crippen LogP contribution is -2.43. The molecule has 0 saturated heterocycles. The molecule has 3 aliphatic rings. The molecule has 0 radical (unpaired) electrons. The molecular weight excluding hydrogens is 462 g/mol. The normalized spacial score (nSPS) is 24.2. The summed E-state index contributed by atoms with van der Waals surface area (Å²) in [6.07, 6.45) is 8.70. The van der Waals surface area contributed by atoms with E-state index in [-0.39, 0.29) is 17.7 Å². The number of rotatable bonds is 5. The van der Waals surface area contributed by atoms with Gasteiger partial charge in [0, 0.05) is 42.5 Å². The summed E-state index contributed by atoms with van der Waals surface area (Å²) in [5, 5.41) is 2.94. The van der Waals surface area contributed by atoms with E-state index in [0.29, 0.717) is 30.9 Å². The smallest absolute Gasteiger partial charge is 0.270 e. The second-order valence-corrected chi connectivity index (χ2v) is 10.5.